The lowest BCUT2D eigenvalue weighted by Crippen LogP contribution is -2.02. The summed E-state index contributed by atoms with van der Waals surface area (Å²) in [4.78, 5) is 11.0. The first-order valence-electron chi connectivity index (χ1n) is 4.31. The first-order chi connectivity index (χ1) is 7.20. The second kappa shape index (κ2) is 5.41. The summed E-state index contributed by atoms with van der Waals surface area (Å²) >= 11 is 5.72. The minimum Gasteiger partial charge on any atom is -0.503 e. The summed E-state index contributed by atoms with van der Waals surface area (Å²) in [6, 6.07) is 7.07. The lowest BCUT2D eigenvalue weighted by molar-refractivity contribution is -0.130. The van der Waals surface area contributed by atoms with E-state index in [9.17, 15) is 4.79 Å². The maximum atomic E-state index is 11.0. The van der Waals surface area contributed by atoms with Crippen LogP contribution in [-0.4, -0.2) is 18.2 Å². The molecule has 3 nitrogen and oxygen atoms in total. The van der Waals surface area contributed by atoms with Gasteiger partial charge in [0.05, 0.1) is 13.4 Å². The van der Waals surface area contributed by atoms with E-state index >= 15 is 0 Å². The van der Waals surface area contributed by atoms with Gasteiger partial charge in [0.15, 0.2) is 0 Å². The highest BCUT2D eigenvalue weighted by molar-refractivity contribution is 6.19. The van der Waals surface area contributed by atoms with Gasteiger partial charge in [0.2, 0.25) is 0 Å². The molecule has 0 heterocycles. The highest BCUT2D eigenvalue weighted by Crippen LogP contribution is 2.21. The van der Waals surface area contributed by atoms with Gasteiger partial charge in [-0.15, -0.1) is 11.6 Å². The molecule has 0 fully saturated rings. The van der Waals surface area contributed by atoms with Crippen LogP contribution < -0.4 is 0 Å². The highest BCUT2D eigenvalue weighted by Gasteiger charge is 2.13. The third-order valence-electron chi connectivity index (χ3n) is 1.92. The molecule has 0 aliphatic heterocycles. The molecular weight excluding hydrogens is 216 g/mol. The summed E-state index contributed by atoms with van der Waals surface area (Å²) in [5.74, 6) is -0.765. The largest absolute Gasteiger partial charge is 0.503 e. The van der Waals surface area contributed by atoms with Crippen molar-refractivity contribution < 1.29 is 14.6 Å². The molecule has 0 unspecified atom stereocenters. The molecule has 15 heavy (non-hydrogen) atoms. The van der Waals surface area contributed by atoms with Crippen LogP contribution in [0.2, 0.25) is 0 Å². The average Bonchev–Trinajstić information content (AvgIpc) is 2.25. The van der Waals surface area contributed by atoms with Gasteiger partial charge >= 0.3 is 5.97 Å². The molecule has 0 atom stereocenters. The van der Waals surface area contributed by atoms with Crippen molar-refractivity contribution in [2.24, 2.45) is 0 Å². The Kier molecular flexibility index (Phi) is 4.18. The van der Waals surface area contributed by atoms with Crippen molar-refractivity contribution in [2.45, 2.75) is 5.88 Å². The zero-order valence-corrected chi connectivity index (χ0v) is 8.99. The number of carbonyl (C=O) groups is 1. The predicted octanol–water partition coefficient (Wildman–Crippen LogP) is 2.50. The Morgan fingerprint density at radius 2 is 2.20 bits per heavy atom. The molecule has 1 aromatic carbocycles. The van der Waals surface area contributed by atoms with Crippen molar-refractivity contribution >= 4 is 23.1 Å². The van der Waals surface area contributed by atoms with Crippen LogP contribution in [0.3, 0.4) is 0 Å². The summed E-state index contributed by atoms with van der Waals surface area (Å²) in [6.07, 6.45) is 1.20. The molecule has 0 aliphatic rings. The van der Waals surface area contributed by atoms with Crippen LogP contribution in [0.1, 0.15) is 11.1 Å². The number of methoxy groups -OCH3 is 1. The van der Waals surface area contributed by atoms with Crippen molar-refractivity contribution in [3.63, 3.8) is 0 Å². The van der Waals surface area contributed by atoms with E-state index in [1.807, 2.05) is 6.07 Å². The summed E-state index contributed by atoms with van der Waals surface area (Å²) in [5.41, 5.74) is 1.46. The quantitative estimate of drug-likeness (QED) is 0.488. The minimum absolute atomic E-state index is 0.105. The van der Waals surface area contributed by atoms with Gasteiger partial charge in [-0.25, -0.2) is 4.79 Å². The summed E-state index contributed by atoms with van der Waals surface area (Å²) in [6.45, 7) is 0. The van der Waals surface area contributed by atoms with Crippen molar-refractivity contribution in [3.8, 4) is 0 Å². The molecular formula is C11H11ClO3. The van der Waals surface area contributed by atoms with Crippen molar-refractivity contribution in [3.05, 3.63) is 41.7 Å². The first kappa shape index (κ1) is 11.6. The third-order valence-corrected chi connectivity index (χ3v) is 2.21. The van der Waals surface area contributed by atoms with Crippen LogP contribution in [0.4, 0.5) is 0 Å². The molecule has 80 valence electrons. The summed E-state index contributed by atoms with van der Waals surface area (Å²) in [5, 5.41) is 8.99. The highest BCUT2D eigenvalue weighted by atomic mass is 35.5. The topological polar surface area (TPSA) is 46.5 Å². The molecule has 0 aliphatic carbocycles. The number of benzene rings is 1. The van der Waals surface area contributed by atoms with E-state index in [0.717, 1.165) is 5.56 Å². The summed E-state index contributed by atoms with van der Waals surface area (Å²) in [7, 11) is 1.41. The van der Waals surface area contributed by atoms with Crippen molar-refractivity contribution in [2.75, 3.05) is 7.11 Å². The van der Waals surface area contributed by atoms with Crippen LogP contribution in [0, 0.1) is 0 Å². The molecule has 0 saturated carbocycles. The number of aliphatic carboxylic acids is 1. The zero-order valence-electron chi connectivity index (χ0n) is 8.24. The van der Waals surface area contributed by atoms with Gasteiger partial charge in [-0.05, 0) is 11.1 Å². The maximum Gasteiger partial charge on any atom is 0.339 e. The molecule has 0 saturated heterocycles. The second-order valence-corrected chi connectivity index (χ2v) is 3.13. The minimum atomic E-state index is -1.03. The Bertz CT molecular complexity index is 385. The molecule has 0 amide bonds. The van der Waals surface area contributed by atoms with E-state index in [0.29, 0.717) is 5.56 Å². The fourth-order valence-corrected chi connectivity index (χ4v) is 1.48. The van der Waals surface area contributed by atoms with Crippen LogP contribution in [-0.2, 0) is 15.4 Å². The Balaban J connectivity index is 3.22. The number of alkyl halides is 1. The SMILES string of the molecule is COC=C(C(=O)O)c1ccccc1CCl. The molecule has 0 radical (unpaired) electrons. The van der Waals surface area contributed by atoms with Gasteiger partial charge in [0.25, 0.3) is 0 Å². The number of hydrogen-bond donors (Lipinski definition) is 1. The Morgan fingerprint density at radius 3 is 2.73 bits per heavy atom. The standard InChI is InChI=1S/C11H11ClO3/c1-15-7-10(11(13)14)9-5-3-2-4-8(9)6-12/h2-5,7H,6H2,1H3,(H,13,14). The van der Waals surface area contributed by atoms with Crippen LogP contribution >= 0.6 is 11.6 Å². The zero-order chi connectivity index (χ0) is 11.3. The monoisotopic (exact) mass is 226 g/mol. The van der Waals surface area contributed by atoms with E-state index in [1.54, 1.807) is 18.2 Å². The normalized spacial score (nSPS) is 11.2. The smallest absolute Gasteiger partial charge is 0.339 e. The van der Waals surface area contributed by atoms with Gasteiger partial charge < -0.3 is 9.84 Å². The Morgan fingerprint density at radius 1 is 1.53 bits per heavy atom. The number of carboxylic acids is 1. The molecule has 0 spiro atoms. The number of hydrogen-bond acceptors (Lipinski definition) is 2. The maximum absolute atomic E-state index is 11.0. The Hall–Kier alpha value is -1.48. The van der Waals surface area contributed by atoms with E-state index in [1.165, 1.54) is 13.4 Å². The van der Waals surface area contributed by atoms with Gasteiger partial charge in [-0.2, -0.15) is 0 Å². The van der Waals surface area contributed by atoms with Crippen LogP contribution in [0.25, 0.3) is 5.57 Å². The van der Waals surface area contributed by atoms with Gasteiger partial charge in [-0.3, -0.25) is 0 Å². The molecule has 1 aromatic rings. The van der Waals surface area contributed by atoms with E-state index in [4.69, 9.17) is 21.4 Å². The van der Waals surface area contributed by atoms with E-state index < -0.39 is 5.97 Å². The number of carboxylic acid groups (broad SMARTS) is 1. The van der Waals surface area contributed by atoms with Crippen LogP contribution in [0.5, 0.6) is 0 Å². The van der Waals surface area contributed by atoms with Crippen LogP contribution in [0.15, 0.2) is 30.5 Å². The molecule has 4 heteroatoms. The van der Waals surface area contributed by atoms with Gasteiger partial charge in [-0.1, -0.05) is 24.3 Å². The molecule has 0 bridgehead atoms. The number of ether oxygens (including phenoxy) is 1. The lowest BCUT2D eigenvalue weighted by atomic mass is 10.0. The number of halogens is 1. The number of rotatable bonds is 4. The molecule has 1 rings (SSSR count). The Labute approximate surface area is 92.9 Å². The predicted molar refractivity (Wildman–Crippen MR) is 58.6 cm³/mol. The molecule has 1 N–H and O–H groups in total. The summed E-state index contributed by atoms with van der Waals surface area (Å²) < 4.78 is 4.73. The van der Waals surface area contributed by atoms with E-state index in [-0.39, 0.29) is 11.5 Å². The first-order valence-corrected chi connectivity index (χ1v) is 4.84. The third kappa shape index (κ3) is 2.73. The lowest BCUT2D eigenvalue weighted by Gasteiger charge is -2.07. The van der Waals surface area contributed by atoms with Gasteiger partial charge in [0, 0.05) is 5.88 Å². The molecule has 0 aromatic heterocycles. The second-order valence-electron chi connectivity index (χ2n) is 2.86. The fourth-order valence-electron chi connectivity index (χ4n) is 1.25. The fraction of sp³-hybridized carbons (Fsp3) is 0.182. The van der Waals surface area contributed by atoms with Crippen molar-refractivity contribution in [1.82, 2.24) is 0 Å². The van der Waals surface area contributed by atoms with Gasteiger partial charge in [0.1, 0.15) is 5.57 Å². The average molecular weight is 227 g/mol. The van der Waals surface area contributed by atoms with Crippen molar-refractivity contribution in [1.29, 1.82) is 0 Å². The van der Waals surface area contributed by atoms with E-state index in [2.05, 4.69) is 0 Å².